The molecule has 1 aliphatic heterocycles. The van der Waals surface area contributed by atoms with Gasteiger partial charge in [-0.15, -0.1) is 0 Å². The molecule has 1 aromatic heterocycles. The first-order valence-corrected chi connectivity index (χ1v) is 8.34. The van der Waals surface area contributed by atoms with Crippen molar-refractivity contribution in [2.45, 2.75) is 6.04 Å². The minimum atomic E-state index is -0.903. The summed E-state index contributed by atoms with van der Waals surface area (Å²) in [4.78, 5) is 26.7. The Morgan fingerprint density at radius 2 is 2.00 bits per heavy atom. The standard InChI is InChI=1S/C19H19NO7/c21-7-10-26-9-6-20-16(12-3-1-4-13(22)11-12)15(18(24)19(20)25)17(23)14-5-2-8-27-14/h1-5,8,11,16,21-22,24H,6-7,9-10H2/t16-/m0/s1. The fourth-order valence-electron chi connectivity index (χ4n) is 3.03. The predicted molar refractivity (Wildman–Crippen MR) is 93.2 cm³/mol. The molecule has 142 valence electrons. The van der Waals surface area contributed by atoms with Gasteiger partial charge in [-0.3, -0.25) is 9.59 Å². The van der Waals surface area contributed by atoms with Gasteiger partial charge in [-0.1, -0.05) is 12.1 Å². The topological polar surface area (TPSA) is 120 Å². The zero-order valence-electron chi connectivity index (χ0n) is 14.4. The lowest BCUT2D eigenvalue weighted by molar-refractivity contribution is -0.130. The second-order valence-corrected chi connectivity index (χ2v) is 5.90. The highest BCUT2D eigenvalue weighted by Crippen LogP contribution is 2.39. The van der Waals surface area contributed by atoms with Crippen molar-refractivity contribution in [3.63, 3.8) is 0 Å². The van der Waals surface area contributed by atoms with Crippen LogP contribution in [0.25, 0.3) is 0 Å². The summed E-state index contributed by atoms with van der Waals surface area (Å²) in [6.07, 6.45) is 1.32. The van der Waals surface area contributed by atoms with Crippen molar-refractivity contribution < 1.29 is 34.1 Å². The maximum Gasteiger partial charge on any atom is 0.290 e. The van der Waals surface area contributed by atoms with Gasteiger partial charge in [0.1, 0.15) is 5.75 Å². The number of ketones is 1. The molecular weight excluding hydrogens is 354 g/mol. The van der Waals surface area contributed by atoms with Crippen molar-refractivity contribution in [2.24, 2.45) is 0 Å². The quantitative estimate of drug-likeness (QED) is 0.474. The van der Waals surface area contributed by atoms with Crippen LogP contribution in [0.2, 0.25) is 0 Å². The Balaban J connectivity index is 1.98. The Kier molecular flexibility index (Phi) is 5.58. The molecule has 3 rings (SSSR count). The molecule has 0 saturated carbocycles. The van der Waals surface area contributed by atoms with Gasteiger partial charge in [-0.25, -0.2) is 0 Å². The summed E-state index contributed by atoms with van der Waals surface area (Å²) in [5.41, 5.74) is 0.340. The molecule has 0 spiro atoms. The number of hydrogen-bond donors (Lipinski definition) is 3. The molecule has 0 unspecified atom stereocenters. The van der Waals surface area contributed by atoms with Gasteiger partial charge in [-0.2, -0.15) is 0 Å². The number of hydrogen-bond acceptors (Lipinski definition) is 7. The van der Waals surface area contributed by atoms with Crippen LogP contribution < -0.4 is 0 Å². The first-order chi connectivity index (χ1) is 13.0. The predicted octanol–water partition coefficient (Wildman–Crippen LogP) is 1.57. The average Bonchev–Trinajstić information content (AvgIpc) is 3.27. The first kappa shape index (κ1) is 18.7. The third-order valence-electron chi connectivity index (χ3n) is 4.19. The molecule has 8 heteroatoms. The fourth-order valence-corrected chi connectivity index (χ4v) is 3.03. The van der Waals surface area contributed by atoms with Gasteiger partial charge >= 0.3 is 0 Å². The summed E-state index contributed by atoms with van der Waals surface area (Å²) in [6, 6.07) is 8.19. The molecule has 0 bridgehead atoms. The number of aliphatic hydroxyl groups excluding tert-OH is 2. The van der Waals surface area contributed by atoms with Crippen molar-refractivity contribution in [1.29, 1.82) is 0 Å². The van der Waals surface area contributed by atoms with E-state index >= 15 is 0 Å². The second kappa shape index (κ2) is 8.07. The molecule has 1 amide bonds. The normalized spacial score (nSPS) is 17.0. The largest absolute Gasteiger partial charge is 0.508 e. The van der Waals surface area contributed by atoms with E-state index in [0.717, 1.165) is 0 Å². The molecule has 8 nitrogen and oxygen atoms in total. The van der Waals surface area contributed by atoms with Crippen molar-refractivity contribution in [3.05, 3.63) is 65.3 Å². The summed E-state index contributed by atoms with van der Waals surface area (Å²) in [7, 11) is 0. The Morgan fingerprint density at radius 1 is 1.19 bits per heavy atom. The van der Waals surface area contributed by atoms with E-state index < -0.39 is 23.5 Å². The van der Waals surface area contributed by atoms with Gasteiger partial charge in [0, 0.05) is 6.54 Å². The minimum absolute atomic E-state index is 0.00659. The van der Waals surface area contributed by atoms with Crippen LogP contribution in [0.4, 0.5) is 0 Å². The Morgan fingerprint density at radius 3 is 2.67 bits per heavy atom. The van der Waals surface area contributed by atoms with E-state index in [2.05, 4.69) is 0 Å². The number of benzene rings is 1. The highest BCUT2D eigenvalue weighted by atomic mass is 16.5. The summed E-state index contributed by atoms with van der Waals surface area (Å²) in [5.74, 6) is -2.03. The molecule has 0 fully saturated rings. The van der Waals surface area contributed by atoms with Gasteiger partial charge in [-0.05, 0) is 29.8 Å². The molecule has 1 aromatic carbocycles. The molecule has 3 N–H and O–H groups in total. The number of amides is 1. The number of Topliss-reactive ketones (excluding diaryl/α,β-unsaturated/α-hetero) is 1. The van der Waals surface area contributed by atoms with Crippen LogP contribution in [-0.2, 0) is 9.53 Å². The number of carbonyl (C=O) groups excluding carboxylic acids is 2. The molecule has 0 saturated heterocycles. The maximum absolute atomic E-state index is 12.8. The lowest BCUT2D eigenvalue weighted by Crippen LogP contribution is -2.34. The number of ether oxygens (including phenoxy) is 1. The smallest absolute Gasteiger partial charge is 0.290 e. The fraction of sp³-hybridized carbons (Fsp3) is 0.263. The van der Waals surface area contributed by atoms with Crippen LogP contribution in [-0.4, -0.2) is 58.3 Å². The van der Waals surface area contributed by atoms with Crippen molar-refractivity contribution in [2.75, 3.05) is 26.4 Å². The first-order valence-electron chi connectivity index (χ1n) is 8.34. The number of nitrogens with zero attached hydrogens (tertiary/aromatic N) is 1. The van der Waals surface area contributed by atoms with Crippen LogP contribution in [0.5, 0.6) is 5.75 Å². The van der Waals surface area contributed by atoms with E-state index in [4.69, 9.17) is 14.3 Å². The molecule has 1 atom stereocenters. The van der Waals surface area contributed by atoms with Gasteiger partial charge < -0.3 is 29.4 Å². The van der Waals surface area contributed by atoms with Gasteiger partial charge in [0.25, 0.3) is 5.91 Å². The van der Waals surface area contributed by atoms with Crippen LogP contribution in [0, 0.1) is 0 Å². The maximum atomic E-state index is 12.8. The molecule has 2 aromatic rings. The number of rotatable bonds is 8. The number of phenolic OH excluding ortho intramolecular Hbond substituents is 1. The number of carbonyl (C=O) groups is 2. The van der Waals surface area contributed by atoms with Crippen LogP contribution in [0.1, 0.15) is 22.2 Å². The molecular formula is C19H19NO7. The second-order valence-electron chi connectivity index (χ2n) is 5.90. The van der Waals surface area contributed by atoms with Crippen LogP contribution in [0.3, 0.4) is 0 Å². The van der Waals surface area contributed by atoms with E-state index in [0.29, 0.717) is 5.56 Å². The molecule has 1 aliphatic rings. The lowest BCUT2D eigenvalue weighted by Gasteiger charge is -2.26. The van der Waals surface area contributed by atoms with Gasteiger partial charge in [0.05, 0.1) is 37.7 Å². The minimum Gasteiger partial charge on any atom is -0.508 e. The third kappa shape index (κ3) is 3.71. The molecule has 2 heterocycles. The Labute approximate surface area is 154 Å². The Hall–Kier alpha value is -3.10. The zero-order valence-corrected chi connectivity index (χ0v) is 14.4. The lowest BCUT2D eigenvalue weighted by atomic mass is 9.95. The molecule has 0 radical (unpaired) electrons. The van der Waals surface area contributed by atoms with E-state index in [1.165, 1.54) is 35.4 Å². The van der Waals surface area contributed by atoms with Crippen molar-refractivity contribution >= 4 is 11.7 Å². The van der Waals surface area contributed by atoms with Crippen LogP contribution in [0.15, 0.2) is 58.4 Å². The number of phenols is 1. The van der Waals surface area contributed by atoms with Crippen molar-refractivity contribution in [1.82, 2.24) is 4.90 Å². The van der Waals surface area contributed by atoms with Crippen molar-refractivity contribution in [3.8, 4) is 5.75 Å². The number of aromatic hydroxyl groups is 1. The highest BCUT2D eigenvalue weighted by molar-refractivity contribution is 6.15. The summed E-state index contributed by atoms with van der Waals surface area (Å²) >= 11 is 0. The van der Waals surface area contributed by atoms with E-state index in [1.807, 2.05) is 0 Å². The molecule has 27 heavy (non-hydrogen) atoms. The Bertz CT molecular complexity index is 857. The van der Waals surface area contributed by atoms with E-state index in [9.17, 15) is 19.8 Å². The third-order valence-corrected chi connectivity index (χ3v) is 4.19. The van der Waals surface area contributed by atoms with Gasteiger partial charge in [0.2, 0.25) is 5.78 Å². The number of aliphatic hydroxyl groups is 2. The van der Waals surface area contributed by atoms with E-state index in [-0.39, 0.29) is 43.4 Å². The number of furan rings is 1. The highest BCUT2D eigenvalue weighted by Gasteiger charge is 2.44. The summed E-state index contributed by atoms with van der Waals surface area (Å²) in [5, 5.41) is 29.0. The monoisotopic (exact) mass is 373 g/mol. The summed E-state index contributed by atoms with van der Waals surface area (Å²) in [6.45, 7) is 0.140. The van der Waals surface area contributed by atoms with Gasteiger partial charge in [0.15, 0.2) is 11.5 Å². The average molecular weight is 373 g/mol. The molecule has 0 aliphatic carbocycles. The van der Waals surface area contributed by atoms with E-state index in [1.54, 1.807) is 12.1 Å². The zero-order chi connectivity index (χ0) is 19.4. The summed E-state index contributed by atoms with van der Waals surface area (Å²) < 4.78 is 10.3. The SMILES string of the molecule is O=C(C1=C(O)C(=O)N(CCOCCO)[C@H]1c1cccc(O)c1)c1ccco1. The van der Waals surface area contributed by atoms with Crippen LogP contribution >= 0.6 is 0 Å².